The first kappa shape index (κ1) is 12.5. The smallest absolute Gasteiger partial charge is 0.212 e. The summed E-state index contributed by atoms with van der Waals surface area (Å²) in [4.78, 5) is 5.06. The van der Waals surface area contributed by atoms with Crippen molar-refractivity contribution < 1.29 is 9.84 Å². The van der Waals surface area contributed by atoms with E-state index in [1.165, 1.54) is 0 Å². The molecule has 0 fully saturated rings. The monoisotopic (exact) mass is 313 g/mol. The van der Waals surface area contributed by atoms with E-state index in [2.05, 4.69) is 20.9 Å². The highest BCUT2D eigenvalue weighted by atomic mass is 79.9. The Balaban J connectivity index is 2.07. The average molecular weight is 314 g/mol. The summed E-state index contributed by atoms with van der Waals surface area (Å²) in [5, 5.41) is 12.0. The molecule has 1 unspecified atom stereocenters. The molecule has 5 heteroatoms. The summed E-state index contributed by atoms with van der Waals surface area (Å²) in [6.07, 6.45) is 1.78. The number of rotatable bonds is 4. The summed E-state index contributed by atoms with van der Waals surface area (Å²) >= 11 is 4.96. The lowest BCUT2D eigenvalue weighted by Gasteiger charge is -2.09. The van der Waals surface area contributed by atoms with E-state index in [1.807, 2.05) is 17.5 Å². The molecule has 0 aliphatic carbocycles. The molecule has 0 saturated heterocycles. The second kappa shape index (κ2) is 5.62. The summed E-state index contributed by atoms with van der Waals surface area (Å²) in [5.74, 6) is 0.584. The Morgan fingerprint density at radius 1 is 1.47 bits per heavy atom. The van der Waals surface area contributed by atoms with Crippen molar-refractivity contribution in [2.24, 2.45) is 0 Å². The third kappa shape index (κ3) is 3.06. The quantitative estimate of drug-likeness (QED) is 0.942. The number of methoxy groups -OCH3 is 1. The molecule has 0 saturated carbocycles. The Morgan fingerprint density at radius 2 is 2.29 bits per heavy atom. The van der Waals surface area contributed by atoms with Crippen molar-refractivity contribution in [2.75, 3.05) is 7.11 Å². The standard InChI is InChI=1S/C12H12BrNO2S/c1-16-11-3-2-8(7-14-11)6-10(15)12-9(13)4-5-17-12/h2-5,7,10,15H,6H2,1H3. The van der Waals surface area contributed by atoms with Crippen LogP contribution in [0.15, 0.2) is 34.2 Å². The Kier molecular flexibility index (Phi) is 4.15. The number of thiophene rings is 1. The molecule has 0 aromatic carbocycles. The van der Waals surface area contributed by atoms with Crippen LogP contribution in [0.1, 0.15) is 16.5 Å². The number of aliphatic hydroxyl groups excluding tert-OH is 1. The molecule has 3 nitrogen and oxygen atoms in total. The number of aliphatic hydroxyl groups is 1. The van der Waals surface area contributed by atoms with Crippen LogP contribution < -0.4 is 4.74 Å². The van der Waals surface area contributed by atoms with Gasteiger partial charge in [0.25, 0.3) is 0 Å². The van der Waals surface area contributed by atoms with E-state index in [0.29, 0.717) is 12.3 Å². The van der Waals surface area contributed by atoms with Gasteiger partial charge in [-0.3, -0.25) is 0 Å². The molecule has 0 amide bonds. The average Bonchev–Trinajstić information content (AvgIpc) is 2.76. The topological polar surface area (TPSA) is 42.4 Å². The second-order valence-corrected chi connectivity index (χ2v) is 5.36. The predicted octanol–water partition coefficient (Wildman–Crippen LogP) is 3.19. The third-order valence-corrected chi connectivity index (χ3v) is 4.36. The van der Waals surface area contributed by atoms with E-state index in [-0.39, 0.29) is 0 Å². The molecular formula is C12H12BrNO2S. The van der Waals surface area contributed by atoms with Gasteiger partial charge in [0, 0.05) is 28.0 Å². The van der Waals surface area contributed by atoms with Crippen LogP contribution in [-0.2, 0) is 6.42 Å². The summed E-state index contributed by atoms with van der Waals surface area (Å²) in [6.45, 7) is 0. The first-order chi connectivity index (χ1) is 8.20. The minimum absolute atomic E-state index is 0.500. The lowest BCUT2D eigenvalue weighted by atomic mass is 10.1. The van der Waals surface area contributed by atoms with Crippen LogP contribution in [0, 0.1) is 0 Å². The highest BCUT2D eigenvalue weighted by Crippen LogP contribution is 2.30. The maximum atomic E-state index is 10.1. The van der Waals surface area contributed by atoms with Gasteiger partial charge in [-0.15, -0.1) is 11.3 Å². The summed E-state index contributed by atoms with van der Waals surface area (Å²) < 4.78 is 5.94. The van der Waals surface area contributed by atoms with Crippen molar-refractivity contribution in [3.05, 3.63) is 44.7 Å². The molecular weight excluding hydrogens is 302 g/mol. The van der Waals surface area contributed by atoms with Gasteiger partial charge in [-0.1, -0.05) is 6.07 Å². The fourth-order valence-corrected chi connectivity index (χ4v) is 3.14. The van der Waals surface area contributed by atoms with Gasteiger partial charge in [0.1, 0.15) is 0 Å². The molecule has 2 rings (SSSR count). The maximum Gasteiger partial charge on any atom is 0.212 e. The minimum Gasteiger partial charge on any atom is -0.481 e. The number of ether oxygens (including phenoxy) is 1. The fourth-order valence-electron chi connectivity index (χ4n) is 1.51. The first-order valence-electron chi connectivity index (χ1n) is 5.10. The third-order valence-electron chi connectivity index (χ3n) is 2.38. The van der Waals surface area contributed by atoms with Gasteiger partial charge in [0.05, 0.1) is 13.2 Å². The zero-order valence-corrected chi connectivity index (χ0v) is 11.7. The van der Waals surface area contributed by atoms with Crippen molar-refractivity contribution in [3.63, 3.8) is 0 Å². The van der Waals surface area contributed by atoms with Crippen molar-refractivity contribution in [1.29, 1.82) is 0 Å². The van der Waals surface area contributed by atoms with Gasteiger partial charge in [-0.2, -0.15) is 0 Å². The molecule has 2 aromatic heterocycles. The molecule has 0 bridgehead atoms. The number of aromatic nitrogens is 1. The van der Waals surface area contributed by atoms with E-state index in [9.17, 15) is 5.11 Å². The largest absolute Gasteiger partial charge is 0.481 e. The molecule has 90 valence electrons. The van der Waals surface area contributed by atoms with E-state index in [0.717, 1.165) is 14.9 Å². The number of halogens is 1. The van der Waals surface area contributed by atoms with Crippen LogP contribution >= 0.6 is 27.3 Å². The molecule has 0 spiro atoms. The lowest BCUT2D eigenvalue weighted by molar-refractivity contribution is 0.181. The zero-order valence-electron chi connectivity index (χ0n) is 9.26. The number of nitrogens with zero attached hydrogens (tertiary/aromatic N) is 1. The van der Waals surface area contributed by atoms with Crippen LogP contribution in [-0.4, -0.2) is 17.2 Å². The molecule has 1 N–H and O–H groups in total. The first-order valence-corrected chi connectivity index (χ1v) is 6.78. The van der Waals surface area contributed by atoms with E-state index < -0.39 is 6.10 Å². The maximum absolute atomic E-state index is 10.1. The van der Waals surface area contributed by atoms with Crippen LogP contribution in [0.2, 0.25) is 0 Å². The van der Waals surface area contributed by atoms with Gasteiger partial charge in [0.2, 0.25) is 5.88 Å². The fraction of sp³-hybridized carbons (Fsp3) is 0.250. The highest BCUT2D eigenvalue weighted by molar-refractivity contribution is 9.10. The summed E-state index contributed by atoms with van der Waals surface area (Å²) in [7, 11) is 1.58. The van der Waals surface area contributed by atoms with Gasteiger partial charge in [0.15, 0.2) is 0 Å². The predicted molar refractivity (Wildman–Crippen MR) is 71.5 cm³/mol. The molecule has 2 aromatic rings. The van der Waals surface area contributed by atoms with Gasteiger partial charge >= 0.3 is 0 Å². The Labute approximate surface area is 112 Å². The summed E-state index contributed by atoms with van der Waals surface area (Å²) in [6, 6.07) is 5.65. The van der Waals surface area contributed by atoms with E-state index >= 15 is 0 Å². The second-order valence-electron chi connectivity index (χ2n) is 3.56. The van der Waals surface area contributed by atoms with Crippen LogP contribution in [0.3, 0.4) is 0 Å². The molecule has 0 aliphatic rings. The number of hydrogen-bond donors (Lipinski definition) is 1. The van der Waals surface area contributed by atoms with Gasteiger partial charge in [-0.05, 0) is 32.9 Å². The van der Waals surface area contributed by atoms with E-state index in [1.54, 1.807) is 30.7 Å². The molecule has 1 atom stereocenters. The SMILES string of the molecule is COc1ccc(CC(O)c2sccc2Br)cn1. The number of pyridine rings is 1. The van der Waals surface area contributed by atoms with Crippen LogP contribution in [0.5, 0.6) is 5.88 Å². The van der Waals surface area contributed by atoms with Crippen molar-refractivity contribution in [2.45, 2.75) is 12.5 Å². The molecule has 0 aliphatic heterocycles. The van der Waals surface area contributed by atoms with Crippen molar-refractivity contribution in [1.82, 2.24) is 4.98 Å². The van der Waals surface area contributed by atoms with Crippen LogP contribution in [0.25, 0.3) is 0 Å². The number of hydrogen-bond acceptors (Lipinski definition) is 4. The Hall–Kier alpha value is -0.910. The zero-order chi connectivity index (χ0) is 12.3. The summed E-state index contributed by atoms with van der Waals surface area (Å²) in [5.41, 5.74) is 0.985. The van der Waals surface area contributed by atoms with Crippen molar-refractivity contribution >= 4 is 27.3 Å². The van der Waals surface area contributed by atoms with E-state index in [4.69, 9.17) is 4.74 Å². The van der Waals surface area contributed by atoms with Gasteiger partial charge in [-0.25, -0.2) is 4.98 Å². The Morgan fingerprint density at radius 3 is 2.82 bits per heavy atom. The molecule has 2 heterocycles. The molecule has 0 radical (unpaired) electrons. The highest BCUT2D eigenvalue weighted by Gasteiger charge is 2.13. The van der Waals surface area contributed by atoms with Crippen LogP contribution in [0.4, 0.5) is 0 Å². The Bertz CT molecular complexity index is 484. The normalized spacial score (nSPS) is 12.4. The van der Waals surface area contributed by atoms with Crippen molar-refractivity contribution in [3.8, 4) is 5.88 Å². The molecule has 17 heavy (non-hydrogen) atoms. The van der Waals surface area contributed by atoms with Gasteiger partial charge < -0.3 is 9.84 Å². The minimum atomic E-state index is -0.500. The lowest BCUT2D eigenvalue weighted by Crippen LogP contribution is -2.01.